The molecule has 0 radical (unpaired) electrons. The molecule has 0 aliphatic heterocycles. The molecule has 0 bridgehead atoms. The predicted octanol–water partition coefficient (Wildman–Crippen LogP) is 3.86. The zero-order valence-corrected chi connectivity index (χ0v) is 13.9. The van der Waals surface area contributed by atoms with Gasteiger partial charge in [-0.15, -0.1) is 0 Å². The topological polar surface area (TPSA) is 46.3 Å². The molecule has 0 aromatic heterocycles. The van der Waals surface area contributed by atoms with Crippen LogP contribution in [0.1, 0.15) is 37.7 Å². The number of halogens is 2. The van der Waals surface area contributed by atoms with E-state index in [2.05, 4.69) is 0 Å². The third kappa shape index (κ3) is 3.71. The van der Waals surface area contributed by atoms with Crippen LogP contribution in [-0.4, -0.2) is 24.4 Å². The van der Waals surface area contributed by atoms with Gasteiger partial charge in [-0.2, -0.15) is 0 Å². The van der Waals surface area contributed by atoms with Gasteiger partial charge in [-0.3, -0.25) is 4.79 Å². The second kappa shape index (κ2) is 6.99. The Morgan fingerprint density at radius 3 is 2.52 bits per heavy atom. The highest BCUT2D eigenvalue weighted by Gasteiger charge is 2.39. The van der Waals surface area contributed by atoms with Gasteiger partial charge in [0, 0.05) is 30.2 Å². The lowest BCUT2D eigenvalue weighted by Crippen LogP contribution is -2.47. The van der Waals surface area contributed by atoms with Crippen LogP contribution in [0.5, 0.6) is 0 Å². The van der Waals surface area contributed by atoms with Gasteiger partial charge in [0.1, 0.15) is 0 Å². The number of nitrogens with zero attached hydrogens (tertiary/aromatic N) is 1. The molecule has 5 heteroatoms. The van der Waals surface area contributed by atoms with E-state index in [1.807, 2.05) is 13.1 Å². The van der Waals surface area contributed by atoms with Crippen LogP contribution in [-0.2, 0) is 11.3 Å². The molecule has 1 amide bonds. The Bertz CT molecular complexity index is 513. The maximum Gasteiger partial charge on any atom is 0.230 e. The molecule has 3 nitrogen and oxygen atoms in total. The van der Waals surface area contributed by atoms with Gasteiger partial charge in [0.25, 0.3) is 0 Å². The Kier molecular flexibility index (Phi) is 5.53. The van der Waals surface area contributed by atoms with E-state index in [4.69, 9.17) is 28.9 Å². The fourth-order valence-corrected chi connectivity index (χ4v) is 3.58. The Morgan fingerprint density at radius 1 is 1.29 bits per heavy atom. The van der Waals surface area contributed by atoms with Gasteiger partial charge in [-0.1, -0.05) is 48.5 Å². The lowest BCUT2D eigenvalue weighted by atomic mass is 9.73. The fourth-order valence-electron chi connectivity index (χ4n) is 3.12. The molecule has 0 saturated heterocycles. The summed E-state index contributed by atoms with van der Waals surface area (Å²) in [5, 5.41) is 1.19. The van der Waals surface area contributed by atoms with Crippen LogP contribution in [0.25, 0.3) is 0 Å². The van der Waals surface area contributed by atoms with E-state index in [1.165, 1.54) is 6.42 Å². The van der Waals surface area contributed by atoms with Gasteiger partial charge in [-0.05, 0) is 30.5 Å². The van der Waals surface area contributed by atoms with Crippen LogP contribution in [0.3, 0.4) is 0 Å². The Hall–Kier alpha value is -0.770. The zero-order valence-electron chi connectivity index (χ0n) is 12.4. The summed E-state index contributed by atoms with van der Waals surface area (Å²) in [4.78, 5) is 14.6. The van der Waals surface area contributed by atoms with Crippen molar-refractivity contribution in [2.24, 2.45) is 11.1 Å². The standard InChI is InChI=1S/C16H22Cl2N2O/c1-20(10-12-5-6-13(17)9-14(12)18)15(21)16(11-19)7-3-2-4-8-16/h5-6,9H,2-4,7-8,10-11,19H2,1H3. The summed E-state index contributed by atoms with van der Waals surface area (Å²) in [5.74, 6) is 0.135. The van der Waals surface area contributed by atoms with E-state index in [1.54, 1.807) is 17.0 Å². The molecule has 116 valence electrons. The second-order valence-electron chi connectivity index (χ2n) is 5.94. The molecule has 1 aliphatic carbocycles. The van der Waals surface area contributed by atoms with Crippen LogP contribution in [0, 0.1) is 5.41 Å². The van der Waals surface area contributed by atoms with Crippen molar-refractivity contribution in [3.63, 3.8) is 0 Å². The van der Waals surface area contributed by atoms with E-state index in [0.717, 1.165) is 31.2 Å². The van der Waals surface area contributed by atoms with Gasteiger partial charge < -0.3 is 10.6 Å². The molecule has 0 heterocycles. The molecule has 0 unspecified atom stereocenters. The SMILES string of the molecule is CN(Cc1ccc(Cl)cc1Cl)C(=O)C1(CN)CCCCC1. The van der Waals surface area contributed by atoms with E-state index in [-0.39, 0.29) is 11.3 Å². The summed E-state index contributed by atoms with van der Waals surface area (Å²) < 4.78 is 0. The first kappa shape index (κ1) is 16.6. The maximum absolute atomic E-state index is 12.8. The monoisotopic (exact) mass is 328 g/mol. The summed E-state index contributed by atoms with van der Waals surface area (Å²) in [7, 11) is 1.82. The number of hydrogen-bond acceptors (Lipinski definition) is 2. The quantitative estimate of drug-likeness (QED) is 0.912. The Labute approximate surface area is 136 Å². The second-order valence-corrected chi connectivity index (χ2v) is 6.79. The van der Waals surface area contributed by atoms with Crippen LogP contribution in [0.15, 0.2) is 18.2 Å². The molecule has 0 spiro atoms. The van der Waals surface area contributed by atoms with Crippen molar-refractivity contribution in [3.05, 3.63) is 33.8 Å². The van der Waals surface area contributed by atoms with E-state index in [9.17, 15) is 4.79 Å². The molecule has 2 N–H and O–H groups in total. The highest BCUT2D eigenvalue weighted by Crippen LogP contribution is 2.37. The van der Waals surface area contributed by atoms with Gasteiger partial charge in [0.05, 0.1) is 5.41 Å². The summed E-state index contributed by atoms with van der Waals surface area (Å²) >= 11 is 12.1. The first-order chi connectivity index (χ1) is 9.98. The lowest BCUT2D eigenvalue weighted by Gasteiger charge is -2.37. The number of carbonyl (C=O) groups excluding carboxylic acids is 1. The van der Waals surface area contributed by atoms with Crippen LogP contribution in [0.4, 0.5) is 0 Å². The summed E-state index contributed by atoms with van der Waals surface area (Å²) in [6.07, 6.45) is 5.14. The van der Waals surface area contributed by atoms with Crippen LogP contribution in [0.2, 0.25) is 10.0 Å². The third-order valence-corrected chi connectivity index (χ3v) is 5.01. The summed E-state index contributed by atoms with van der Waals surface area (Å²) in [6.45, 7) is 0.904. The van der Waals surface area contributed by atoms with Crippen LogP contribution >= 0.6 is 23.2 Å². The minimum absolute atomic E-state index is 0.135. The molecule has 1 aliphatic rings. The first-order valence-corrected chi connectivity index (χ1v) is 8.14. The first-order valence-electron chi connectivity index (χ1n) is 7.38. The van der Waals surface area contributed by atoms with Crippen molar-refractivity contribution in [1.29, 1.82) is 0 Å². The van der Waals surface area contributed by atoms with Crippen molar-refractivity contribution in [2.45, 2.75) is 38.6 Å². The Morgan fingerprint density at radius 2 is 1.95 bits per heavy atom. The van der Waals surface area contributed by atoms with E-state index >= 15 is 0 Å². The molecule has 1 aromatic rings. The number of carbonyl (C=O) groups is 1. The van der Waals surface area contributed by atoms with Crippen molar-refractivity contribution in [2.75, 3.05) is 13.6 Å². The molecule has 1 fully saturated rings. The lowest BCUT2D eigenvalue weighted by molar-refractivity contribution is -0.142. The molecule has 0 atom stereocenters. The Balaban J connectivity index is 2.11. The van der Waals surface area contributed by atoms with Gasteiger partial charge in [-0.25, -0.2) is 0 Å². The molecule has 2 rings (SSSR count). The normalized spacial score (nSPS) is 17.5. The maximum atomic E-state index is 12.8. The van der Waals surface area contributed by atoms with Gasteiger partial charge in [0.15, 0.2) is 0 Å². The number of benzene rings is 1. The van der Waals surface area contributed by atoms with Crippen molar-refractivity contribution in [1.82, 2.24) is 4.90 Å². The third-order valence-electron chi connectivity index (χ3n) is 4.42. The van der Waals surface area contributed by atoms with Crippen LogP contribution < -0.4 is 5.73 Å². The molecule has 21 heavy (non-hydrogen) atoms. The highest BCUT2D eigenvalue weighted by molar-refractivity contribution is 6.35. The summed E-state index contributed by atoms with van der Waals surface area (Å²) in [5.41, 5.74) is 6.45. The number of nitrogens with two attached hydrogens (primary N) is 1. The van der Waals surface area contributed by atoms with Crippen molar-refractivity contribution in [3.8, 4) is 0 Å². The van der Waals surface area contributed by atoms with E-state index < -0.39 is 0 Å². The number of rotatable bonds is 4. The van der Waals surface area contributed by atoms with Crippen molar-refractivity contribution < 1.29 is 4.79 Å². The molecule has 1 saturated carbocycles. The minimum atomic E-state index is -0.383. The predicted molar refractivity (Wildman–Crippen MR) is 87.5 cm³/mol. The van der Waals surface area contributed by atoms with Crippen molar-refractivity contribution >= 4 is 29.1 Å². The number of amides is 1. The minimum Gasteiger partial charge on any atom is -0.341 e. The van der Waals surface area contributed by atoms with Gasteiger partial charge in [0.2, 0.25) is 5.91 Å². The highest BCUT2D eigenvalue weighted by atomic mass is 35.5. The van der Waals surface area contributed by atoms with Gasteiger partial charge >= 0.3 is 0 Å². The largest absolute Gasteiger partial charge is 0.341 e. The number of hydrogen-bond donors (Lipinski definition) is 1. The fraction of sp³-hybridized carbons (Fsp3) is 0.562. The molecular weight excluding hydrogens is 307 g/mol. The van der Waals surface area contributed by atoms with E-state index in [0.29, 0.717) is 23.1 Å². The average Bonchev–Trinajstić information content (AvgIpc) is 2.50. The zero-order chi connectivity index (χ0) is 15.5. The summed E-state index contributed by atoms with van der Waals surface area (Å²) in [6, 6.07) is 5.36. The smallest absolute Gasteiger partial charge is 0.230 e. The molecule has 1 aromatic carbocycles. The molecular formula is C16H22Cl2N2O. The average molecular weight is 329 g/mol.